The molecule has 0 radical (unpaired) electrons. The van der Waals surface area contributed by atoms with E-state index >= 15 is 0 Å². The van der Waals surface area contributed by atoms with Gasteiger partial charge in [-0.15, -0.1) is 0 Å². The second kappa shape index (κ2) is 5.42. The summed E-state index contributed by atoms with van der Waals surface area (Å²) < 4.78 is 26.3. The fourth-order valence-corrected chi connectivity index (χ4v) is 2.98. The first kappa shape index (κ1) is 14.6. The van der Waals surface area contributed by atoms with Gasteiger partial charge in [-0.2, -0.15) is 0 Å². The first-order chi connectivity index (χ1) is 8.25. The third-order valence-electron chi connectivity index (χ3n) is 2.25. The summed E-state index contributed by atoms with van der Waals surface area (Å²) in [6.07, 6.45) is 0. The molecule has 1 rings (SSSR count). The van der Waals surface area contributed by atoms with Crippen molar-refractivity contribution in [3.8, 4) is 0 Å². The Morgan fingerprint density at radius 1 is 1.50 bits per heavy atom. The van der Waals surface area contributed by atoms with Gasteiger partial charge >= 0.3 is 0 Å². The van der Waals surface area contributed by atoms with Crippen LogP contribution in [0, 0.1) is 17.0 Å². The summed E-state index contributed by atoms with van der Waals surface area (Å²) in [5.41, 5.74) is 5.34. The van der Waals surface area contributed by atoms with Crippen LogP contribution in [0.15, 0.2) is 23.1 Å². The van der Waals surface area contributed by atoms with Gasteiger partial charge < -0.3 is 5.73 Å². The number of nitrogens with zero attached hydrogens (tertiary/aromatic N) is 1. The number of hydrogen-bond donors (Lipinski definition) is 2. The largest absolute Gasteiger partial charge is 0.327 e. The van der Waals surface area contributed by atoms with Crippen LogP contribution in [0.2, 0.25) is 0 Å². The number of nitrogens with two attached hydrogens (primary N) is 1. The molecule has 0 aliphatic rings. The van der Waals surface area contributed by atoms with Crippen molar-refractivity contribution in [1.82, 2.24) is 4.72 Å². The van der Waals surface area contributed by atoms with Crippen LogP contribution < -0.4 is 10.5 Å². The number of aryl methyl sites for hydroxylation is 1. The van der Waals surface area contributed by atoms with E-state index in [9.17, 15) is 18.5 Å². The van der Waals surface area contributed by atoms with Crippen LogP contribution in [0.25, 0.3) is 0 Å². The van der Waals surface area contributed by atoms with Crippen molar-refractivity contribution >= 4 is 15.7 Å². The highest BCUT2D eigenvalue weighted by molar-refractivity contribution is 7.89. The van der Waals surface area contributed by atoms with Gasteiger partial charge in [-0.1, -0.05) is 12.1 Å². The van der Waals surface area contributed by atoms with E-state index in [1.807, 2.05) is 0 Å². The summed E-state index contributed by atoms with van der Waals surface area (Å²) in [5.74, 6) is 0. The van der Waals surface area contributed by atoms with Crippen molar-refractivity contribution in [1.29, 1.82) is 0 Å². The van der Waals surface area contributed by atoms with Crippen LogP contribution in [-0.4, -0.2) is 25.9 Å². The van der Waals surface area contributed by atoms with Crippen LogP contribution in [-0.2, 0) is 10.0 Å². The molecule has 1 aromatic carbocycles. The number of sulfonamides is 1. The molecular weight excluding hydrogens is 258 g/mol. The van der Waals surface area contributed by atoms with Crippen molar-refractivity contribution in [2.75, 3.05) is 6.54 Å². The molecule has 100 valence electrons. The zero-order valence-electron chi connectivity index (χ0n) is 10.1. The number of nitro benzene ring substituents is 1. The lowest BCUT2D eigenvalue weighted by atomic mass is 10.2. The Kier molecular flexibility index (Phi) is 4.38. The lowest BCUT2D eigenvalue weighted by Crippen LogP contribution is -2.35. The number of benzene rings is 1. The summed E-state index contributed by atoms with van der Waals surface area (Å²) in [5, 5.41) is 10.8. The van der Waals surface area contributed by atoms with Gasteiger partial charge in [0, 0.05) is 18.7 Å². The van der Waals surface area contributed by atoms with Crippen LogP contribution in [0.1, 0.15) is 12.5 Å². The summed E-state index contributed by atoms with van der Waals surface area (Å²) >= 11 is 0. The van der Waals surface area contributed by atoms with Crippen molar-refractivity contribution in [2.45, 2.75) is 24.8 Å². The number of nitrogens with one attached hydrogen (secondary N) is 1. The average Bonchev–Trinajstić information content (AvgIpc) is 2.25. The van der Waals surface area contributed by atoms with Crippen LogP contribution >= 0.6 is 0 Å². The zero-order valence-corrected chi connectivity index (χ0v) is 10.9. The van der Waals surface area contributed by atoms with Gasteiger partial charge in [0.05, 0.1) is 4.92 Å². The summed E-state index contributed by atoms with van der Waals surface area (Å²) in [6.45, 7) is 3.16. The van der Waals surface area contributed by atoms with E-state index in [0.717, 1.165) is 6.07 Å². The lowest BCUT2D eigenvalue weighted by Gasteiger charge is -2.11. The molecule has 0 aromatic heterocycles. The minimum Gasteiger partial charge on any atom is -0.327 e. The molecule has 0 spiro atoms. The Bertz CT molecular complexity index is 554. The van der Waals surface area contributed by atoms with Crippen molar-refractivity contribution in [3.63, 3.8) is 0 Å². The standard InChI is InChI=1S/C10H15N3O4S/c1-7-4-3-5-9(13(14)15)10(7)18(16,17)12-6-8(2)11/h3-5,8,12H,6,11H2,1-2H3. The normalized spacial score (nSPS) is 13.3. The quantitative estimate of drug-likeness (QED) is 0.599. The predicted molar refractivity (Wildman–Crippen MR) is 66.7 cm³/mol. The first-order valence-corrected chi connectivity index (χ1v) is 6.73. The molecule has 0 saturated carbocycles. The number of nitro groups is 1. The molecule has 3 N–H and O–H groups in total. The molecule has 1 unspecified atom stereocenters. The average molecular weight is 273 g/mol. The molecule has 8 heteroatoms. The van der Waals surface area contributed by atoms with E-state index in [2.05, 4.69) is 4.72 Å². The summed E-state index contributed by atoms with van der Waals surface area (Å²) in [7, 11) is -3.93. The summed E-state index contributed by atoms with van der Waals surface area (Å²) in [6, 6.07) is 3.74. The van der Waals surface area contributed by atoms with E-state index in [-0.39, 0.29) is 17.5 Å². The van der Waals surface area contributed by atoms with E-state index in [4.69, 9.17) is 5.73 Å². The Hall–Kier alpha value is -1.51. The van der Waals surface area contributed by atoms with E-state index in [1.54, 1.807) is 6.92 Å². The van der Waals surface area contributed by atoms with Gasteiger partial charge in [0.15, 0.2) is 4.90 Å². The predicted octanol–water partition coefficient (Wildman–Crippen LogP) is 0.529. The minimum absolute atomic E-state index is 0.0216. The molecule has 0 aliphatic heterocycles. The SMILES string of the molecule is Cc1cccc([N+](=O)[O-])c1S(=O)(=O)NCC(C)N. The fourth-order valence-electron chi connectivity index (χ4n) is 1.44. The molecule has 7 nitrogen and oxygen atoms in total. The van der Waals surface area contributed by atoms with E-state index in [1.165, 1.54) is 19.1 Å². The Morgan fingerprint density at radius 3 is 2.61 bits per heavy atom. The molecule has 0 heterocycles. The molecule has 1 atom stereocenters. The van der Waals surface area contributed by atoms with Crippen molar-refractivity contribution in [2.24, 2.45) is 5.73 Å². The summed E-state index contributed by atoms with van der Waals surface area (Å²) in [4.78, 5) is 9.82. The Balaban J connectivity index is 3.27. The van der Waals surface area contributed by atoms with E-state index in [0.29, 0.717) is 5.56 Å². The first-order valence-electron chi connectivity index (χ1n) is 5.25. The van der Waals surface area contributed by atoms with Crippen LogP contribution in [0.4, 0.5) is 5.69 Å². The third-order valence-corrected chi connectivity index (χ3v) is 3.87. The highest BCUT2D eigenvalue weighted by atomic mass is 32.2. The van der Waals surface area contributed by atoms with Crippen molar-refractivity contribution < 1.29 is 13.3 Å². The smallest absolute Gasteiger partial charge is 0.289 e. The van der Waals surface area contributed by atoms with Gasteiger partial charge in [-0.3, -0.25) is 10.1 Å². The lowest BCUT2D eigenvalue weighted by molar-refractivity contribution is -0.387. The molecule has 0 bridgehead atoms. The second-order valence-corrected chi connectivity index (χ2v) is 5.71. The molecule has 0 fully saturated rings. The second-order valence-electron chi connectivity index (χ2n) is 4.01. The van der Waals surface area contributed by atoms with Gasteiger partial charge in [-0.05, 0) is 19.4 Å². The highest BCUT2D eigenvalue weighted by Crippen LogP contribution is 2.26. The van der Waals surface area contributed by atoms with Gasteiger partial charge in [0.25, 0.3) is 5.69 Å². The Labute approximate surface area is 105 Å². The van der Waals surface area contributed by atoms with Crippen LogP contribution in [0.3, 0.4) is 0 Å². The molecule has 0 saturated heterocycles. The molecule has 18 heavy (non-hydrogen) atoms. The highest BCUT2D eigenvalue weighted by Gasteiger charge is 2.27. The van der Waals surface area contributed by atoms with Crippen molar-refractivity contribution in [3.05, 3.63) is 33.9 Å². The maximum atomic E-state index is 12.0. The topological polar surface area (TPSA) is 115 Å². The third kappa shape index (κ3) is 3.25. The van der Waals surface area contributed by atoms with Gasteiger partial charge in [0.1, 0.15) is 0 Å². The van der Waals surface area contributed by atoms with Gasteiger partial charge in [0.2, 0.25) is 10.0 Å². The monoisotopic (exact) mass is 273 g/mol. The maximum Gasteiger partial charge on any atom is 0.289 e. The molecular formula is C10H15N3O4S. The minimum atomic E-state index is -3.93. The molecule has 0 amide bonds. The molecule has 0 aliphatic carbocycles. The molecule has 1 aromatic rings. The van der Waals surface area contributed by atoms with Crippen LogP contribution in [0.5, 0.6) is 0 Å². The zero-order chi connectivity index (χ0) is 13.9. The maximum absolute atomic E-state index is 12.0. The number of hydrogen-bond acceptors (Lipinski definition) is 5. The fraction of sp³-hybridized carbons (Fsp3) is 0.400. The van der Waals surface area contributed by atoms with Gasteiger partial charge in [-0.25, -0.2) is 13.1 Å². The Morgan fingerprint density at radius 2 is 2.11 bits per heavy atom. The van der Waals surface area contributed by atoms with E-state index < -0.39 is 20.6 Å². The number of rotatable bonds is 5.